The molecule has 0 radical (unpaired) electrons. The fourth-order valence-electron chi connectivity index (χ4n) is 4.07. The maximum absolute atomic E-state index is 13.7. The number of hydrogen-bond donors (Lipinski definition) is 0. The molecule has 0 heterocycles. The van der Waals surface area contributed by atoms with Gasteiger partial charge in [-0.05, 0) is 54.4 Å². The van der Waals surface area contributed by atoms with Crippen LogP contribution in [0.2, 0.25) is 0 Å². The Bertz CT molecular complexity index is 413. The summed E-state index contributed by atoms with van der Waals surface area (Å²) in [5.41, 5.74) is 1.73. The van der Waals surface area contributed by atoms with E-state index in [4.69, 9.17) is 0 Å². The topological polar surface area (TPSA) is 0 Å². The molecule has 1 aromatic carbocycles. The molecule has 0 saturated heterocycles. The van der Waals surface area contributed by atoms with E-state index in [2.05, 4.69) is 24.1 Å². The molecule has 0 unspecified atom stereocenters. The minimum Gasteiger partial charge on any atom is -0.352 e. The van der Waals surface area contributed by atoms with E-state index < -0.39 is 0 Å². The van der Waals surface area contributed by atoms with Crippen molar-refractivity contribution >= 4 is 24.8 Å². The zero-order chi connectivity index (χ0) is 15.8. The molecule has 0 atom stereocenters. The fourth-order valence-corrected chi connectivity index (χ4v) is 7.89. The van der Waals surface area contributed by atoms with Gasteiger partial charge in [0.2, 0.25) is 0 Å². The molecular formula is C19H28ClFPPd-. The van der Waals surface area contributed by atoms with Gasteiger partial charge in [-0.25, -0.2) is 4.39 Å². The molecule has 2 aliphatic carbocycles. The van der Waals surface area contributed by atoms with Crippen LogP contribution >= 0.6 is 19.5 Å². The minimum atomic E-state index is -0.148. The molecule has 0 N–H and O–H groups in total. The molecule has 0 spiro atoms. The van der Waals surface area contributed by atoms with Gasteiger partial charge < -0.3 is 11.6 Å². The Morgan fingerprint density at radius 1 is 0.870 bits per heavy atom. The third kappa shape index (κ3) is 6.40. The first-order valence-electron chi connectivity index (χ1n) is 8.65. The van der Waals surface area contributed by atoms with Crippen LogP contribution in [0.5, 0.6) is 0 Å². The van der Waals surface area contributed by atoms with Gasteiger partial charge in [0.25, 0.3) is 0 Å². The largest absolute Gasteiger partial charge is 0.352 e. The van der Waals surface area contributed by atoms with Crippen LogP contribution in [0, 0.1) is 12.2 Å². The molecule has 2 fully saturated rings. The molecule has 1 aromatic rings. The summed E-state index contributed by atoms with van der Waals surface area (Å²) in [6.07, 6.45) is 16.7. The van der Waals surface area contributed by atoms with Crippen LogP contribution in [0.25, 0.3) is 0 Å². The average molecular weight is 448 g/mol. The second-order valence-corrected chi connectivity index (χ2v) is 9.26. The molecular weight excluding hydrogens is 420 g/mol. The Morgan fingerprint density at radius 3 is 1.78 bits per heavy atom. The van der Waals surface area contributed by atoms with Crippen molar-refractivity contribution in [2.45, 2.75) is 75.5 Å². The first-order valence-corrected chi connectivity index (χ1v) is 10.7. The van der Waals surface area contributed by atoms with Gasteiger partial charge in [0.1, 0.15) is 5.82 Å². The van der Waals surface area contributed by atoms with Gasteiger partial charge in [0.05, 0.1) is 0 Å². The van der Waals surface area contributed by atoms with Crippen molar-refractivity contribution in [3.05, 3.63) is 36.5 Å². The van der Waals surface area contributed by atoms with Crippen LogP contribution < -0.4 is 5.30 Å². The molecule has 3 rings (SSSR count). The summed E-state index contributed by atoms with van der Waals surface area (Å²) in [5, 5.41) is 1.35. The zero-order valence-electron chi connectivity index (χ0n) is 13.8. The van der Waals surface area contributed by atoms with Crippen molar-refractivity contribution in [3.8, 4) is 0 Å². The van der Waals surface area contributed by atoms with E-state index in [1.54, 1.807) is 6.07 Å². The molecule has 2 aliphatic rings. The SMILES string of the molecule is Fc1cccc(P(C2CCCCC2)C2CCCCC2)c1.[CH2-]Cl.[Pd]. The quantitative estimate of drug-likeness (QED) is 0.277. The predicted octanol–water partition coefficient (Wildman–Crippen LogP) is 6.61. The maximum atomic E-state index is 13.7. The van der Waals surface area contributed by atoms with Gasteiger partial charge in [-0.3, -0.25) is 6.38 Å². The number of benzene rings is 1. The van der Waals surface area contributed by atoms with E-state index in [0.29, 0.717) is 0 Å². The molecule has 23 heavy (non-hydrogen) atoms. The number of halogens is 2. The Hall–Kier alpha value is 0.532. The van der Waals surface area contributed by atoms with Crippen molar-refractivity contribution in [1.82, 2.24) is 0 Å². The van der Waals surface area contributed by atoms with Gasteiger partial charge in [-0.15, -0.1) is 0 Å². The molecule has 2 saturated carbocycles. The van der Waals surface area contributed by atoms with Crippen LogP contribution in [-0.4, -0.2) is 11.3 Å². The van der Waals surface area contributed by atoms with Gasteiger partial charge >= 0.3 is 0 Å². The van der Waals surface area contributed by atoms with E-state index in [9.17, 15) is 4.39 Å². The van der Waals surface area contributed by atoms with Crippen molar-refractivity contribution in [3.63, 3.8) is 0 Å². The summed E-state index contributed by atoms with van der Waals surface area (Å²) < 4.78 is 13.7. The van der Waals surface area contributed by atoms with Crippen molar-refractivity contribution in [2.75, 3.05) is 0 Å². The van der Waals surface area contributed by atoms with Crippen molar-refractivity contribution < 1.29 is 24.8 Å². The van der Waals surface area contributed by atoms with E-state index in [1.165, 1.54) is 69.5 Å². The summed E-state index contributed by atoms with van der Waals surface area (Å²) in [5.74, 6) is -0.0402. The molecule has 134 valence electrons. The van der Waals surface area contributed by atoms with Crippen LogP contribution in [-0.2, 0) is 20.4 Å². The van der Waals surface area contributed by atoms with Gasteiger partial charge in [-0.1, -0.05) is 58.6 Å². The van der Waals surface area contributed by atoms with Crippen molar-refractivity contribution in [1.29, 1.82) is 0 Å². The zero-order valence-corrected chi connectivity index (χ0v) is 17.0. The molecule has 4 heteroatoms. The van der Waals surface area contributed by atoms with Crippen LogP contribution in [0.15, 0.2) is 24.3 Å². The average Bonchev–Trinajstić information content (AvgIpc) is 2.59. The summed E-state index contributed by atoms with van der Waals surface area (Å²) in [7, 11) is -0.148. The normalized spacial score (nSPS) is 19.7. The smallest absolute Gasteiger partial charge is 0.123 e. The Labute approximate surface area is 161 Å². The summed E-state index contributed by atoms with van der Waals surface area (Å²) in [6, 6.07) is 7.57. The minimum absolute atomic E-state index is 0. The number of hydrogen-bond acceptors (Lipinski definition) is 0. The standard InChI is InChI=1S/C18H26FP.CH2Cl.Pd/c19-15-8-7-13-18(14-15)20(16-9-3-1-4-10-16)17-11-5-2-6-12-17;1-2;/h7-8,13-14,16-17H,1-6,9-12H2;1H2;/q;-1;. The maximum Gasteiger partial charge on any atom is 0.123 e. The van der Waals surface area contributed by atoms with Gasteiger partial charge in [0.15, 0.2) is 0 Å². The van der Waals surface area contributed by atoms with E-state index in [-0.39, 0.29) is 34.2 Å². The monoisotopic (exact) mass is 447 g/mol. The predicted molar refractivity (Wildman–Crippen MR) is 97.9 cm³/mol. The van der Waals surface area contributed by atoms with E-state index in [0.717, 1.165) is 11.3 Å². The molecule has 0 aliphatic heterocycles. The molecule has 0 aromatic heterocycles. The number of rotatable bonds is 3. The third-order valence-electron chi connectivity index (χ3n) is 5.04. The molecule has 0 nitrogen and oxygen atoms in total. The summed E-state index contributed by atoms with van der Waals surface area (Å²) in [6.45, 7) is 0. The van der Waals surface area contributed by atoms with E-state index >= 15 is 0 Å². The third-order valence-corrected chi connectivity index (χ3v) is 8.52. The van der Waals surface area contributed by atoms with Crippen LogP contribution in [0.4, 0.5) is 4.39 Å². The Kier molecular flexibility index (Phi) is 11.2. The second kappa shape index (κ2) is 12.0. The fraction of sp³-hybridized carbons (Fsp3) is 0.632. The Morgan fingerprint density at radius 2 is 1.35 bits per heavy atom. The van der Waals surface area contributed by atoms with Crippen LogP contribution in [0.3, 0.4) is 0 Å². The molecule has 0 amide bonds. The molecule has 0 bridgehead atoms. The van der Waals surface area contributed by atoms with Crippen LogP contribution in [0.1, 0.15) is 64.2 Å². The van der Waals surface area contributed by atoms with E-state index in [1.807, 2.05) is 12.1 Å². The summed E-state index contributed by atoms with van der Waals surface area (Å²) in [4.78, 5) is 0. The van der Waals surface area contributed by atoms with Gasteiger partial charge in [-0.2, -0.15) is 0 Å². The Balaban J connectivity index is 0.000000849. The first-order chi connectivity index (χ1) is 10.8. The van der Waals surface area contributed by atoms with Gasteiger partial charge in [0, 0.05) is 20.4 Å². The second-order valence-electron chi connectivity index (χ2n) is 6.47. The van der Waals surface area contributed by atoms with Crippen molar-refractivity contribution in [2.24, 2.45) is 0 Å². The summed E-state index contributed by atoms with van der Waals surface area (Å²) >= 11 is 4.39. The first kappa shape index (κ1) is 21.6.